The fourth-order valence-electron chi connectivity index (χ4n) is 3.57. The quantitative estimate of drug-likeness (QED) is 0.550. The Bertz CT molecular complexity index is 1210. The Labute approximate surface area is 183 Å². The van der Waals surface area contributed by atoms with E-state index in [9.17, 15) is 13.6 Å². The van der Waals surface area contributed by atoms with Crippen LogP contribution in [0.15, 0.2) is 30.6 Å². The molecule has 0 unspecified atom stereocenters. The van der Waals surface area contributed by atoms with Gasteiger partial charge in [-0.1, -0.05) is 0 Å². The summed E-state index contributed by atoms with van der Waals surface area (Å²) in [4.78, 5) is 25.0. The molecule has 0 saturated carbocycles. The number of hydrogen-bond donors (Lipinski definition) is 2. The first-order valence-corrected chi connectivity index (χ1v) is 9.96. The Morgan fingerprint density at radius 3 is 2.62 bits per heavy atom. The van der Waals surface area contributed by atoms with Gasteiger partial charge < -0.3 is 20.5 Å². The highest BCUT2D eigenvalue weighted by molar-refractivity contribution is 5.94. The van der Waals surface area contributed by atoms with Gasteiger partial charge in [-0.25, -0.2) is 28.5 Å². The number of pyridine rings is 3. The molecule has 3 aromatic heterocycles. The number of halogens is 2. The Morgan fingerprint density at radius 2 is 1.94 bits per heavy atom. The second-order valence-corrected chi connectivity index (χ2v) is 8.63. The number of esters is 1. The van der Waals surface area contributed by atoms with Crippen LogP contribution in [0.1, 0.15) is 49.3 Å². The van der Waals surface area contributed by atoms with E-state index in [2.05, 4.69) is 20.3 Å². The first-order chi connectivity index (χ1) is 15.0. The molecule has 168 valence electrons. The maximum absolute atomic E-state index is 12.6. The predicted octanol–water partition coefficient (Wildman–Crippen LogP) is 4.01. The highest BCUT2D eigenvalue weighted by Gasteiger charge is 2.39. The molecular formula is C22H23F2N5O3. The van der Waals surface area contributed by atoms with Gasteiger partial charge in [-0.15, -0.1) is 0 Å². The minimum atomic E-state index is -2.63. The van der Waals surface area contributed by atoms with Gasteiger partial charge in [0.05, 0.1) is 10.9 Å². The first kappa shape index (κ1) is 21.8. The Hall–Kier alpha value is -3.40. The summed E-state index contributed by atoms with van der Waals surface area (Å²) in [5, 5.41) is 4.24. The number of fused-ring (bicyclic) bond motifs is 2. The van der Waals surface area contributed by atoms with Gasteiger partial charge in [-0.05, 0) is 56.8 Å². The molecule has 4 heterocycles. The number of aromatic nitrogens is 3. The fraction of sp³-hybridized carbons (Fsp3) is 0.364. The van der Waals surface area contributed by atoms with Crippen LogP contribution in [0.25, 0.3) is 10.8 Å². The molecule has 0 radical (unpaired) electrons. The number of carbonyl (C=O) groups is 1. The lowest BCUT2D eigenvalue weighted by Gasteiger charge is -2.22. The lowest BCUT2D eigenvalue weighted by Crippen LogP contribution is -2.29. The molecule has 0 saturated heterocycles. The summed E-state index contributed by atoms with van der Waals surface area (Å²) in [6, 6.07) is 5.04. The number of carbonyl (C=O) groups excluding carboxylic acids is 1. The number of nitrogens with one attached hydrogen (secondary N) is 1. The minimum Gasteiger partial charge on any atom is -0.471 e. The van der Waals surface area contributed by atoms with Crippen LogP contribution in [-0.4, -0.2) is 34.0 Å². The molecule has 0 aliphatic carbocycles. The van der Waals surface area contributed by atoms with Crippen LogP contribution in [0, 0.1) is 0 Å². The molecule has 0 aromatic carbocycles. The molecule has 0 fully saturated rings. The molecule has 8 nitrogen and oxygen atoms in total. The zero-order valence-electron chi connectivity index (χ0n) is 18.1. The number of rotatable bonds is 6. The number of ether oxygens (including phenoxy) is 2. The lowest BCUT2D eigenvalue weighted by atomic mass is 9.93. The van der Waals surface area contributed by atoms with Crippen molar-refractivity contribution in [2.45, 2.75) is 45.3 Å². The van der Waals surface area contributed by atoms with Crippen molar-refractivity contribution in [1.82, 2.24) is 15.0 Å². The van der Waals surface area contributed by atoms with Crippen LogP contribution in [-0.2, 0) is 15.9 Å². The highest BCUT2D eigenvalue weighted by Crippen LogP contribution is 2.36. The highest BCUT2D eigenvalue weighted by atomic mass is 19.3. The summed E-state index contributed by atoms with van der Waals surface area (Å²) in [6.45, 7) is 6.40. The average molecular weight is 443 g/mol. The van der Waals surface area contributed by atoms with Crippen LogP contribution in [0.5, 0.6) is 5.88 Å². The maximum atomic E-state index is 12.6. The second-order valence-electron chi connectivity index (χ2n) is 8.63. The summed E-state index contributed by atoms with van der Waals surface area (Å²) in [6.07, 6.45) is 0.383. The van der Waals surface area contributed by atoms with E-state index in [0.717, 1.165) is 0 Å². The van der Waals surface area contributed by atoms with Crippen molar-refractivity contribution < 1.29 is 23.0 Å². The zero-order valence-corrected chi connectivity index (χ0v) is 18.1. The lowest BCUT2D eigenvalue weighted by molar-refractivity contribution is 0.00833. The van der Waals surface area contributed by atoms with E-state index >= 15 is 0 Å². The molecule has 32 heavy (non-hydrogen) atoms. The third-order valence-electron chi connectivity index (χ3n) is 5.07. The minimum absolute atomic E-state index is 0.0559. The van der Waals surface area contributed by atoms with Crippen molar-refractivity contribution >= 4 is 28.4 Å². The third kappa shape index (κ3) is 4.05. The number of anilines is 2. The van der Waals surface area contributed by atoms with Gasteiger partial charge in [0.15, 0.2) is 6.61 Å². The molecule has 0 bridgehead atoms. The Kier molecular flexibility index (Phi) is 5.20. The largest absolute Gasteiger partial charge is 0.471 e. The number of nitrogens with zero attached hydrogens (tertiary/aromatic N) is 3. The van der Waals surface area contributed by atoms with Crippen LogP contribution in [0.4, 0.5) is 20.4 Å². The molecule has 10 heteroatoms. The van der Waals surface area contributed by atoms with Crippen LogP contribution in [0.2, 0.25) is 0 Å². The van der Waals surface area contributed by atoms with Gasteiger partial charge >= 0.3 is 5.97 Å². The van der Waals surface area contributed by atoms with Gasteiger partial charge in [0, 0.05) is 17.9 Å². The summed E-state index contributed by atoms with van der Waals surface area (Å²) >= 11 is 0. The van der Waals surface area contributed by atoms with Gasteiger partial charge in [-0.2, -0.15) is 0 Å². The SMILES string of the molecule is CC(C)(N)c1cnc(OCC(F)F)c2cnc(Nc3ccc4c(n3)C(C)(C)OC4=O)cc12. The van der Waals surface area contributed by atoms with Crippen molar-refractivity contribution in [1.29, 1.82) is 0 Å². The van der Waals surface area contributed by atoms with Crippen LogP contribution >= 0.6 is 0 Å². The van der Waals surface area contributed by atoms with Gasteiger partial charge in [0.25, 0.3) is 6.43 Å². The van der Waals surface area contributed by atoms with Crippen molar-refractivity contribution in [3.63, 3.8) is 0 Å². The molecule has 0 atom stereocenters. The van der Waals surface area contributed by atoms with Crippen molar-refractivity contribution in [3.05, 3.63) is 47.4 Å². The first-order valence-electron chi connectivity index (χ1n) is 9.96. The summed E-state index contributed by atoms with van der Waals surface area (Å²) in [5.74, 6) is 0.565. The molecule has 3 N–H and O–H groups in total. The Morgan fingerprint density at radius 1 is 1.19 bits per heavy atom. The Balaban J connectivity index is 1.74. The number of hydrogen-bond acceptors (Lipinski definition) is 8. The number of nitrogens with two attached hydrogens (primary N) is 1. The number of alkyl halides is 2. The van der Waals surface area contributed by atoms with Gasteiger partial charge in [0.2, 0.25) is 5.88 Å². The predicted molar refractivity (Wildman–Crippen MR) is 114 cm³/mol. The van der Waals surface area contributed by atoms with E-state index in [1.54, 1.807) is 32.0 Å². The van der Waals surface area contributed by atoms with Gasteiger partial charge in [0.1, 0.15) is 22.9 Å². The molecule has 0 amide bonds. The molecule has 1 aliphatic rings. The normalized spacial score (nSPS) is 15.1. The molecular weight excluding hydrogens is 420 g/mol. The molecule has 3 aromatic rings. The second kappa shape index (κ2) is 7.63. The van der Waals surface area contributed by atoms with E-state index in [1.807, 2.05) is 13.8 Å². The van der Waals surface area contributed by atoms with E-state index in [4.69, 9.17) is 15.2 Å². The van der Waals surface area contributed by atoms with E-state index < -0.39 is 30.1 Å². The van der Waals surface area contributed by atoms with Crippen LogP contribution < -0.4 is 15.8 Å². The topological polar surface area (TPSA) is 112 Å². The summed E-state index contributed by atoms with van der Waals surface area (Å²) < 4.78 is 35.8. The van der Waals surface area contributed by atoms with E-state index in [0.29, 0.717) is 39.2 Å². The summed E-state index contributed by atoms with van der Waals surface area (Å²) in [7, 11) is 0. The van der Waals surface area contributed by atoms with Crippen LogP contribution in [0.3, 0.4) is 0 Å². The third-order valence-corrected chi connectivity index (χ3v) is 5.07. The maximum Gasteiger partial charge on any atom is 0.341 e. The van der Waals surface area contributed by atoms with E-state index in [-0.39, 0.29) is 5.88 Å². The average Bonchev–Trinajstić information content (AvgIpc) is 2.93. The standard InChI is InChI=1S/C22H23F2N5O3/c1-21(2,25)14-9-27-19(31-10-15(23)24)13-8-26-17(7-12(13)14)28-16-6-5-11-18(29-16)22(3,4)32-20(11)30/h5-9,15H,10,25H2,1-4H3,(H,26,28,29). The van der Waals surface area contributed by atoms with Crippen molar-refractivity contribution in [3.8, 4) is 5.88 Å². The van der Waals surface area contributed by atoms with E-state index in [1.165, 1.54) is 12.4 Å². The van der Waals surface area contributed by atoms with Crippen molar-refractivity contribution in [2.75, 3.05) is 11.9 Å². The van der Waals surface area contributed by atoms with Crippen molar-refractivity contribution in [2.24, 2.45) is 5.73 Å². The molecule has 4 rings (SSSR count). The molecule has 1 aliphatic heterocycles. The monoisotopic (exact) mass is 443 g/mol. The smallest absolute Gasteiger partial charge is 0.341 e. The fourth-order valence-corrected chi connectivity index (χ4v) is 3.57. The zero-order chi connectivity index (χ0) is 23.3. The van der Waals surface area contributed by atoms with Gasteiger partial charge in [-0.3, -0.25) is 0 Å². The summed E-state index contributed by atoms with van der Waals surface area (Å²) in [5.41, 5.74) is 6.37. The number of cyclic esters (lactones) is 1. The molecule has 0 spiro atoms.